The van der Waals surface area contributed by atoms with Crippen molar-refractivity contribution in [3.05, 3.63) is 28.8 Å². The fourth-order valence-electron chi connectivity index (χ4n) is 3.33. The Balaban J connectivity index is 1.48. The fraction of sp³-hybridized carbons (Fsp3) is 0.706. The molecule has 24 heavy (non-hydrogen) atoms. The lowest BCUT2D eigenvalue weighted by Gasteiger charge is -2.31. The quantitative estimate of drug-likeness (QED) is 0.833. The molecule has 0 spiro atoms. The fourth-order valence-corrected chi connectivity index (χ4v) is 3.54. The molecule has 3 rings (SSSR count). The van der Waals surface area contributed by atoms with E-state index in [1.165, 1.54) is 19.3 Å². The summed E-state index contributed by atoms with van der Waals surface area (Å²) in [7, 11) is 2.01. The molecule has 1 aliphatic heterocycles. The molecule has 3 heterocycles. The Labute approximate surface area is 148 Å². The molecule has 132 valence electrons. The topological polar surface area (TPSA) is 62.6 Å². The Morgan fingerprint density at radius 2 is 2.12 bits per heavy atom. The van der Waals surface area contributed by atoms with Crippen molar-refractivity contribution in [2.24, 2.45) is 13.0 Å². The van der Waals surface area contributed by atoms with Gasteiger partial charge in [0.25, 0.3) is 0 Å². The zero-order chi connectivity index (χ0) is 16.9. The Bertz CT molecular complexity index is 641. The monoisotopic (exact) mass is 350 g/mol. The number of nitrogens with zero attached hydrogens (tertiary/aromatic N) is 5. The highest BCUT2D eigenvalue weighted by Crippen LogP contribution is 2.23. The summed E-state index contributed by atoms with van der Waals surface area (Å²) in [5.41, 5.74) is 1.06. The smallest absolute Gasteiger partial charge is 0.151 e. The minimum absolute atomic E-state index is 0.641. The van der Waals surface area contributed by atoms with Gasteiger partial charge in [-0.25, -0.2) is 4.98 Å². The Morgan fingerprint density at radius 1 is 1.33 bits per heavy atom. The first-order valence-corrected chi connectivity index (χ1v) is 9.32. The van der Waals surface area contributed by atoms with Crippen molar-refractivity contribution in [1.82, 2.24) is 29.6 Å². The van der Waals surface area contributed by atoms with Crippen molar-refractivity contribution in [2.45, 2.75) is 52.0 Å². The standard InChI is InChI=1S/C17H27ClN6/c1-3-4-5-15-20-14(17(18)21-15)11-24-8-6-13(7-9-24)10-16-22-19-12-23(16)2/h12-13H,3-11H2,1-2H3,(H,20,21). The SMILES string of the molecule is CCCCc1nc(Cl)c(CN2CCC(Cc3nncn3C)CC2)[nH]1. The van der Waals surface area contributed by atoms with Crippen LogP contribution in [0.3, 0.4) is 0 Å². The van der Waals surface area contributed by atoms with Gasteiger partial charge in [0.2, 0.25) is 0 Å². The lowest BCUT2D eigenvalue weighted by atomic mass is 9.93. The third-order valence-electron chi connectivity index (χ3n) is 4.91. The van der Waals surface area contributed by atoms with E-state index in [0.29, 0.717) is 11.1 Å². The van der Waals surface area contributed by atoms with Gasteiger partial charge in [0.15, 0.2) is 5.15 Å². The summed E-state index contributed by atoms with van der Waals surface area (Å²) >= 11 is 6.30. The van der Waals surface area contributed by atoms with Gasteiger partial charge >= 0.3 is 0 Å². The number of aromatic nitrogens is 5. The van der Waals surface area contributed by atoms with E-state index < -0.39 is 0 Å². The summed E-state index contributed by atoms with van der Waals surface area (Å²) in [5.74, 6) is 2.81. The van der Waals surface area contributed by atoms with E-state index >= 15 is 0 Å². The number of imidazole rings is 1. The van der Waals surface area contributed by atoms with Crippen molar-refractivity contribution < 1.29 is 0 Å². The highest BCUT2D eigenvalue weighted by molar-refractivity contribution is 6.30. The van der Waals surface area contributed by atoms with Crippen LogP contribution in [0.1, 0.15) is 49.9 Å². The summed E-state index contributed by atoms with van der Waals surface area (Å²) in [6, 6.07) is 0. The van der Waals surface area contributed by atoms with Gasteiger partial charge in [0.05, 0.1) is 5.69 Å². The van der Waals surface area contributed by atoms with Crippen LogP contribution < -0.4 is 0 Å². The molecule has 6 nitrogen and oxygen atoms in total. The van der Waals surface area contributed by atoms with Gasteiger partial charge in [-0.05, 0) is 38.3 Å². The van der Waals surface area contributed by atoms with Gasteiger partial charge in [-0.3, -0.25) is 4.90 Å². The summed E-state index contributed by atoms with van der Waals surface area (Å²) < 4.78 is 2.02. The maximum absolute atomic E-state index is 6.30. The van der Waals surface area contributed by atoms with E-state index in [2.05, 4.69) is 32.0 Å². The minimum Gasteiger partial charge on any atom is -0.344 e. The van der Waals surface area contributed by atoms with E-state index in [4.69, 9.17) is 11.6 Å². The highest BCUT2D eigenvalue weighted by Gasteiger charge is 2.22. The van der Waals surface area contributed by atoms with Gasteiger partial charge in [0, 0.05) is 26.4 Å². The maximum Gasteiger partial charge on any atom is 0.151 e. The average molecular weight is 351 g/mol. The third kappa shape index (κ3) is 4.36. The molecule has 0 atom stereocenters. The molecule has 0 aromatic carbocycles. The number of hydrogen-bond acceptors (Lipinski definition) is 4. The molecular formula is C17H27ClN6. The summed E-state index contributed by atoms with van der Waals surface area (Å²) in [6.45, 7) is 5.26. The van der Waals surface area contributed by atoms with Crippen LogP contribution in [0.4, 0.5) is 0 Å². The Morgan fingerprint density at radius 3 is 2.79 bits per heavy atom. The number of likely N-dealkylation sites (tertiary alicyclic amines) is 1. The molecule has 0 saturated carbocycles. The zero-order valence-corrected chi connectivity index (χ0v) is 15.4. The first-order chi connectivity index (χ1) is 11.7. The van der Waals surface area contributed by atoms with Gasteiger partial charge in [-0.15, -0.1) is 10.2 Å². The van der Waals surface area contributed by atoms with Gasteiger partial charge in [0.1, 0.15) is 18.0 Å². The van der Waals surface area contributed by atoms with Crippen LogP contribution >= 0.6 is 11.6 Å². The number of piperidine rings is 1. The number of hydrogen-bond donors (Lipinski definition) is 1. The van der Waals surface area contributed by atoms with E-state index in [1.807, 2.05) is 11.6 Å². The van der Waals surface area contributed by atoms with Crippen LogP contribution in [0.25, 0.3) is 0 Å². The molecule has 0 bridgehead atoms. The maximum atomic E-state index is 6.30. The molecule has 0 radical (unpaired) electrons. The number of halogens is 1. The second-order valence-corrected chi connectivity index (χ2v) is 7.20. The Kier molecular flexibility index (Phi) is 5.89. The van der Waals surface area contributed by atoms with Crippen LogP contribution in [0.15, 0.2) is 6.33 Å². The van der Waals surface area contributed by atoms with E-state index in [9.17, 15) is 0 Å². The third-order valence-corrected chi connectivity index (χ3v) is 5.22. The first-order valence-electron chi connectivity index (χ1n) is 8.94. The molecular weight excluding hydrogens is 324 g/mol. The number of unbranched alkanes of at least 4 members (excludes halogenated alkanes) is 1. The number of aryl methyl sites for hydroxylation is 2. The van der Waals surface area contributed by atoms with Crippen molar-refractivity contribution in [1.29, 1.82) is 0 Å². The molecule has 2 aromatic heterocycles. The van der Waals surface area contributed by atoms with E-state index in [1.54, 1.807) is 6.33 Å². The molecule has 1 fully saturated rings. The summed E-state index contributed by atoms with van der Waals surface area (Å²) in [6.07, 6.45) is 8.50. The molecule has 0 amide bonds. The average Bonchev–Trinajstić information content (AvgIpc) is 3.13. The van der Waals surface area contributed by atoms with Gasteiger partial charge in [-0.1, -0.05) is 24.9 Å². The van der Waals surface area contributed by atoms with Crippen LogP contribution in [-0.2, 0) is 26.4 Å². The summed E-state index contributed by atoms with van der Waals surface area (Å²) in [4.78, 5) is 10.3. The predicted octanol–water partition coefficient (Wildman–Crippen LogP) is 2.99. The van der Waals surface area contributed by atoms with Crippen molar-refractivity contribution in [3.63, 3.8) is 0 Å². The minimum atomic E-state index is 0.641. The molecule has 0 unspecified atom stereocenters. The molecule has 1 N–H and O–H groups in total. The van der Waals surface area contributed by atoms with Crippen LogP contribution in [0.2, 0.25) is 5.15 Å². The van der Waals surface area contributed by atoms with Crippen LogP contribution in [0.5, 0.6) is 0 Å². The zero-order valence-electron chi connectivity index (χ0n) is 14.6. The lowest BCUT2D eigenvalue weighted by molar-refractivity contribution is 0.174. The predicted molar refractivity (Wildman–Crippen MR) is 94.9 cm³/mol. The Hall–Kier alpha value is -1.40. The molecule has 7 heteroatoms. The van der Waals surface area contributed by atoms with Crippen molar-refractivity contribution >= 4 is 11.6 Å². The van der Waals surface area contributed by atoms with Gasteiger partial charge < -0.3 is 9.55 Å². The molecule has 2 aromatic rings. The second kappa shape index (κ2) is 8.12. The first kappa shape index (κ1) is 17.4. The van der Waals surface area contributed by atoms with Crippen molar-refractivity contribution in [2.75, 3.05) is 13.1 Å². The summed E-state index contributed by atoms with van der Waals surface area (Å²) in [5, 5.41) is 8.81. The normalized spacial score (nSPS) is 16.8. The number of nitrogens with one attached hydrogen (secondary N) is 1. The van der Waals surface area contributed by atoms with Crippen LogP contribution in [-0.4, -0.2) is 42.7 Å². The largest absolute Gasteiger partial charge is 0.344 e. The second-order valence-electron chi connectivity index (χ2n) is 6.84. The number of H-pyrrole nitrogens is 1. The van der Waals surface area contributed by atoms with Crippen LogP contribution in [0, 0.1) is 5.92 Å². The van der Waals surface area contributed by atoms with E-state index in [0.717, 1.165) is 56.2 Å². The van der Waals surface area contributed by atoms with Crippen molar-refractivity contribution in [3.8, 4) is 0 Å². The highest BCUT2D eigenvalue weighted by atomic mass is 35.5. The number of aromatic amines is 1. The molecule has 0 aliphatic carbocycles. The number of rotatable bonds is 7. The van der Waals surface area contributed by atoms with E-state index in [-0.39, 0.29) is 0 Å². The molecule has 1 saturated heterocycles. The van der Waals surface area contributed by atoms with Gasteiger partial charge in [-0.2, -0.15) is 0 Å². The molecule has 1 aliphatic rings. The lowest BCUT2D eigenvalue weighted by Crippen LogP contribution is -2.34.